The van der Waals surface area contributed by atoms with Gasteiger partial charge in [0.15, 0.2) is 0 Å². The lowest BCUT2D eigenvalue weighted by atomic mass is 9.95. The monoisotopic (exact) mass is 408 g/mol. The number of fused-ring (bicyclic) bond motifs is 1. The second kappa shape index (κ2) is 8.24. The molecule has 0 spiro atoms. The molecular weight excluding hydrogens is 380 g/mol. The first-order chi connectivity index (χ1) is 14.7. The average molecular weight is 409 g/mol. The van der Waals surface area contributed by atoms with Gasteiger partial charge in [0.2, 0.25) is 0 Å². The summed E-state index contributed by atoms with van der Waals surface area (Å²) < 4.78 is 13.3. The molecule has 30 heavy (non-hydrogen) atoms. The summed E-state index contributed by atoms with van der Waals surface area (Å²) in [6.07, 6.45) is 5.88. The van der Waals surface area contributed by atoms with Gasteiger partial charge in [-0.05, 0) is 49.9 Å². The minimum absolute atomic E-state index is 0.0296. The molecule has 2 aliphatic rings. The first kappa shape index (κ1) is 19.3. The maximum atomic E-state index is 12.7. The van der Waals surface area contributed by atoms with E-state index < -0.39 is 0 Å². The summed E-state index contributed by atoms with van der Waals surface area (Å²) >= 11 is 0. The smallest absolute Gasteiger partial charge is 0.326 e. The molecule has 7 nitrogen and oxygen atoms in total. The van der Waals surface area contributed by atoms with E-state index in [0.717, 1.165) is 67.9 Å². The highest BCUT2D eigenvalue weighted by molar-refractivity contribution is 5.77. The Labute approximate surface area is 175 Å². The van der Waals surface area contributed by atoms with Crippen LogP contribution in [-0.2, 0) is 4.74 Å². The molecule has 0 saturated carbocycles. The largest absolute Gasteiger partial charge is 0.497 e. The van der Waals surface area contributed by atoms with Crippen molar-refractivity contribution in [3.05, 3.63) is 58.8 Å². The first-order valence-corrected chi connectivity index (χ1v) is 10.8. The third-order valence-corrected chi connectivity index (χ3v) is 6.58. The number of hydrogen-bond acceptors (Lipinski definition) is 5. The Morgan fingerprint density at radius 2 is 2.00 bits per heavy atom. The summed E-state index contributed by atoms with van der Waals surface area (Å²) in [5.74, 6) is 0.774. The number of H-pyrrole nitrogens is 1. The Morgan fingerprint density at radius 1 is 1.13 bits per heavy atom. The number of hydrogen-bond donors (Lipinski definition) is 1. The summed E-state index contributed by atoms with van der Waals surface area (Å²) in [4.78, 5) is 22.7. The number of imidazole rings is 1. The minimum Gasteiger partial charge on any atom is -0.497 e. The minimum atomic E-state index is -0.0296. The zero-order valence-electron chi connectivity index (χ0n) is 17.3. The number of nitrogens with zero attached hydrogens (tertiary/aromatic N) is 3. The second-order valence-electron chi connectivity index (χ2n) is 8.24. The van der Waals surface area contributed by atoms with Gasteiger partial charge in [0.1, 0.15) is 11.9 Å². The predicted molar refractivity (Wildman–Crippen MR) is 115 cm³/mol. The fraction of sp³-hybridized carbons (Fsp3) is 0.478. The highest BCUT2D eigenvalue weighted by atomic mass is 16.5. The van der Waals surface area contributed by atoms with E-state index in [1.165, 1.54) is 0 Å². The highest BCUT2D eigenvalue weighted by Gasteiger charge is 2.32. The molecule has 2 aliphatic heterocycles. The topological polar surface area (TPSA) is 72.4 Å². The van der Waals surface area contributed by atoms with Crippen LogP contribution in [0.4, 0.5) is 0 Å². The first-order valence-electron chi connectivity index (χ1n) is 10.8. The van der Waals surface area contributed by atoms with Gasteiger partial charge in [-0.2, -0.15) is 0 Å². The summed E-state index contributed by atoms with van der Waals surface area (Å²) in [5.41, 5.74) is 2.79. The van der Waals surface area contributed by atoms with E-state index in [1.807, 2.05) is 41.1 Å². The molecule has 2 aromatic heterocycles. The van der Waals surface area contributed by atoms with Crippen molar-refractivity contribution in [2.75, 3.05) is 26.8 Å². The summed E-state index contributed by atoms with van der Waals surface area (Å²) in [7, 11) is 1.65. The van der Waals surface area contributed by atoms with E-state index in [2.05, 4.69) is 20.9 Å². The van der Waals surface area contributed by atoms with Crippen molar-refractivity contribution in [1.29, 1.82) is 0 Å². The normalized spacial score (nSPS) is 23.6. The van der Waals surface area contributed by atoms with Crippen LogP contribution < -0.4 is 10.4 Å². The second-order valence-corrected chi connectivity index (χ2v) is 8.24. The van der Waals surface area contributed by atoms with E-state index in [-0.39, 0.29) is 17.8 Å². The van der Waals surface area contributed by atoms with E-state index in [0.29, 0.717) is 6.04 Å². The average Bonchev–Trinajstić information content (AvgIpc) is 3.14. The number of rotatable bonds is 4. The van der Waals surface area contributed by atoms with Crippen LogP contribution in [0.2, 0.25) is 0 Å². The number of likely N-dealkylation sites (tertiary alicyclic amines) is 1. The van der Waals surface area contributed by atoms with Crippen LogP contribution in [0.1, 0.15) is 43.5 Å². The van der Waals surface area contributed by atoms with Crippen molar-refractivity contribution in [1.82, 2.24) is 19.4 Å². The molecule has 2 atom stereocenters. The maximum Gasteiger partial charge on any atom is 0.326 e. The van der Waals surface area contributed by atoms with Gasteiger partial charge in [-0.15, -0.1) is 0 Å². The van der Waals surface area contributed by atoms with Gasteiger partial charge in [-0.3, -0.25) is 9.55 Å². The zero-order chi connectivity index (χ0) is 20.5. The summed E-state index contributed by atoms with van der Waals surface area (Å²) in [6.45, 7) is 2.76. The quantitative estimate of drug-likeness (QED) is 0.717. The van der Waals surface area contributed by atoms with Crippen LogP contribution in [0.3, 0.4) is 0 Å². The molecule has 0 amide bonds. The molecule has 2 fully saturated rings. The van der Waals surface area contributed by atoms with Crippen molar-refractivity contribution < 1.29 is 9.47 Å². The van der Waals surface area contributed by atoms with E-state index in [1.54, 1.807) is 7.11 Å². The molecular formula is C23H28N4O3. The number of methoxy groups -OCH3 is 1. The Hall–Kier alpha value is -2.64. The van der Waals surface area contributed by atoms with Gasteiger partial charge in [0.25, 0.3) is 0 Å². The lowest BCUT2D eigenvalue weighted by Gasteiger charge is -2.41. The number of nitrogens with one attached hydrogen (secondary N) is 1. The van der Waals surface area contributed by atoms with Crippen LogP contribution >= 0.6 is 0 Å². The highest BCUT2D eigenvalue weighted by Crippen LogP contribution is 2.33. The fourth-order valence-corrected chi connectivity index (χ4v) is 4.98. The molecule has 5 rings (SSSR count). The van der Waals surface area contributed by atoms with Crippen molar-refractivity contribution in [3.63, 3.8) is 0 Å². The number of aromatic amines is 1. The molecule has 2 saturated heterocycles. The molecule has 2 unspecified atom stereocenters. The Balaban J connectivity index is 1.28. The molecule has 7 heteroatoms. The Bertz CT molecular complexity index is 1050. The van der Waals surface area contributed by atoms with Gasteiger partial charge in [-0.1, -0.05) is 6.07 Å². The molecule has 0 bridgehead atoms. The molecule has 0 radical (unpaired) electrons. The van der Waals surface area contributed by atoms with E-state index in [4.69, 9.17) is 9.47 Å². The summed E-state index contributed by atoms with van der Waals surface area (Å²) in [6, 6.07) is 12.5. The van der Waals surface area contributed by atoms with Gasteiger partial charge >= 0.3 is 5.69 Å². The third kappa shape index (κ3) is 3.63. The molecule has 3 aromatic rings. The standard InChI is InChI=1S/C23H28N4O3/c1-29-18-5-6-19-21(15-18)27(23(28)25-19)16-7-11-26(12-8-16)17-9-13-30-22(14-17)20-4-2-3-10-24-20/h2-6,10,15-17,22H,7-9,11-14H2,1H3,(H,25,28). The molecule has 1 aromatic carbocycles. The van der Waals surface area contributed by atoms with Crippen molar-refractivity contribution in [2.24, 2.45) is 0 Å². The van der Waals surface area contributed by atoms with Gasteiger partial charge < -0.3 is 19.4 Å². The van der Waals surface area contributed by atoms with Crippen molar-refractivity contribution in [2.45, 2.75) is 43.9 Å². The lowest BCUT2D eigenvalue weighted by molar-refractivity contribution is -0.0364. The van der Waals surface area contributed by atoms with E-state index in [9.17, 15) is 4.79 Å². The molecule has 0 aliphatic carbocycles. The number of piperidine rings is 1. The van der Waals surface area contributed by atoms with Crippen LogP contribution in [0, 0.1) is 0 Å². The maximum absolute atomic E-state index is 12.7. The van der Waals surface area contributed by atoms with Gasteiger partial charge in [0, 0.05) is 44.0 Å². The van der Waals surface area contributed by atoms with Crippen molar-refractivity contribution >= 4 is 11.0 Å². The lowest BCUT2D eigenvalue weighted by Crippen LogP contribution is -2.45. The zero-order valence-corrected chi connectivity index (χ0v) is 17.3. The molecule has 1 N–H and O–H groups in total. The molecule has 4 heterocycles. The van der Waals surface area contributed by atoms with E-state index >= 15 is 0 Å². The Morgan fingerprint density at radius 3 is 2.77 bits per heavy atom. The number of ether oxygens (including phenoxy) is 2. The third-order valence-electron chi connectivity index (χ3n) is 6.58. The number of pyridine rings is 1. The molecule has 158 valence electrons. The van der Waals surface area contributed by atoms with Crippen LogP contribution in [-0.4, -0.2) is 52.3 Å². The fourth-order valence-electron chi connectivity index (χ4n) is 4.98. The van der Waals surface area contributed by atoms with Crippen LogP contribution in [0.5, 0.6) is 5.75 Å². The van der Waals surface area contributed by atoms with Gasteiger partial charge in [0.05, 0.1) is 23.8 Å². The SMILES string of the molecule is COc1ccc2[nH]c(=O)n(C3CCN(C4CCOC(c5ccccn5)C4)CC3)c2c1. The number of aromatic nitrogens is 3. The van der Waals surface area contributed by atoms with Gasteiger partial charge in [-0.25, -0.2) is 4.79 Å². The van der Waals surface area contributed by atoms with Crippen LogP contribution in [0.25, 0.3) is 11.0 Å². The number of benzene rings is 1. The Kier molecular flexibility index (Phi) is 5.31. The van der Waals surface area contributed by atoms with Crippen molar-refractivity contribution in [3.8, 4) is 5.75 Å². The summed E-state index contributed by atoms with van der Waals surface area (Å²) in [5, 5.41) is 0. The van der Waals surface area contributed by atoms with Crippen LogP contribution in [0.15, 0.2) is 47.4 Å². The predicted octanol–water partition coefficient (Wildman–Crippen LogP) is 3.29.